The Hall–Kier alpha value is -2.58. The zero-order valence-corrected chi connectivity index (χ0v) is 18.0. The van der Waals surface area contributed by atoms with E-state index in [1.807, 2.05) is 11.0 Å². The number of fused-ring (bicyclic) bond motifs is 1. The Labute approximate surface area is 179 Å². The van der Waals surface area contributed by atoms with Crippen molar-refractivity contribution in [1.82, 2.24) is 4.90 Å². The fraction of sp³-hybridized carbons (Fsp3) is 0.455. The predicted octanol–water partition coefficient (Wildman–Crippen LogP) is 2.98. The zero-order valence-electron chi connectivity index (χ0n) is 17.2. The zero-order chi connectivity index (χ0) is 21.1. The maximum absolute atomic E-state index is 12.9. The summed E-state index contributed by atoms with van der Waals surface area (Å²) in [4.78, 5) is 29.5. The van der Waals surface area contributed by atoms with E-state index in [4.69, 9.17) is 14.2 Å². The largest absolute Gasteiger partial charge is 0.497 e. The van der Waals surface area contributed by atoms with E-state index in [2.05, 4.69) is 5.32 Å². The normalized spacial score (nSPS) is 18.5. The summed E-state index contributed by atoms with van der Waals surface area (Å²) in [6.45, 7) is 2.45. The van der Waals surface area contributed by atoms with Gasteiger partial charge in [0.2, 0.25) is 5.91 Å². The molecule has 0 bridgehead atoms. The Morgan fingerprint density at radius 3 is 2.70 bits per heavy atom. The molecule has 0 saturated carbocycles. The van der Waals surface area contributed by atoms with Crippen LogP contribution in [-0.2, 0) is 22.4 Å². The third kappa shape index (κ3) is 4.29. The van der Waals surface area contributed by atoms with Crippen molar-refractivity contribution in [3.05, 3.63) is 39.6 Å². The van der Waals surface area contributed by atoms with Crippen molar-refractivity contribution in [3.8, 4) is 11.5 Å². The lowest BCUT2D eigenvalue weighted by Gasteiger charge is -2.26. The van der Waals surface area contributed by atoms with E-state index in [0.717, 1.165) is 23.3 Å². The Morgan fingerprint density at radius 1 is 1.17 bits per heavy atom. The highest BCUT2D eigenvalue weighted by Gasteiger charge is 2.29. The highest BCUT2D eigenvalue weighted by atomic mass is 32.1. The molecule has 4 rings (SSSR count). The number of morpholine rings is 1. The number of nitrogens with one attached hydrogen (secondary N) is 1. The minimum Gasteiger partial charge on any atom is -0.497 e. The van der Waals surface area contributed by atoms with Crippen LogP contribution in [0.4, 0.5) is 5.69 Å². The summed E-state index contributed by atoms with van der Waals surface area (Å²) >= 11 is 1.57. The predicted molar refractivity (Wildman–Crippen MR) is 115 cm³/mol. The minimum atomic E-state index is -0.134. The van der Waals surface area contributed by atoms with Crippen molar-refractivity contribution in [2.75, 3.05) is 45.8 Å². The summed E-state index contributed by atoms with van der Waals surface area (Å²) < 4.78 is 15.9. The van der Waals surface area contributed by atoms with Crippen molar-refractivity contribution in [2.24, 2.45) is 5.92 Å². The molecule has 0 unspecified atom stereocenters. The molecule has 1 saturated heterocycles. The molecule has 1 aliphatic heterocycles. The number of methoxy groups -OCH3 is 2. The lowest BCUT2D eigenvalue weighted by molar-refractivity contribution is -0.120. The van der Waals surface area contributed by atoms with Crippen LogP contribution in [0, 0.1) is 5.92 Å². The second kappa shape index (κ2) is 9.06. The summed E-state index contributed by atoms with van der Waals surface area (Å²) in [5, 5.41) is 2.99. The van der Waals surface area contributed by atoms with Gasteiger partial charge in [-0.3, -0.25) is 9.59 Å². The van der Waals surface area contributed by atoms with E-state index in [-0.39, 0.29) is 17.7 Å². The molecule has 0 radical (unpaired) electrons. The van der Waals surface area contributed by atoms with Crippen LogP contribution >= 0.6 is 11.3 Å². The van der Waals surface area contributed by atoms with Crippen LogP contribution in [0.3, 0.4) is 0 Å². The molecule has 160 valence electrons. The number of nitrogens with zero attached hydrogens (tertiary/aromatic N) is 1. The molecule has 8 heteroatoms. The molecule has 2 amide bonds. The van der Waals surface area contributed by atoms with Gasteiger partial charge in [0.05, 0.1) is 38.0 Å². The molecule has 30 heavy (non-hydrogen) atoms. The number of amides is 2. The lowest BCUT2D eigenvalue weighted by Crippen LogP contribution is -2.40. The first-order valence-corrected chi connectivity index (χ1v) is 10.9. The van der Waals surface area contributed by atoms with Crippen molar-refractivity contribution >= 4 is 28.8 Å². The molecule has 2 aromatic rings. The fourth-order valence-electron chi connectivity index (χ4n) is 3.91. The standard InChI is InChI=1S/C22H26N2O5S/c1-27-16-4-5-17(18(13-16)28-2)23-21(25)14-3-6-19-15(11-14)12-20(30-19)22(26)24-7-9-29-10-8-24/h4-5,12-14H,3,6-11H2,1-2H3,(H,23,25)/t14-/m1/s1. The van der Waals surface area contributed by atoms with Gasteiger partial charge >= 0.3 is 0 Å². The second-order valence-electron chi connectivity index (χ2n) is 7.46. The van der Waals surface area contributed by atoms with Crippen LogP contribution < -0.4 is 14.8 Å². The van der Waals surface area contributed by atoms with Gasteiger partial charge in [-0.2, -0.15) is 0 Å². The minimum absolute atomic E-state index is 0.0311. The van der Waals surface area contributed by atoms with Gasteiger partial charge in [0.15, 0.2) is 0 Å². The van der Waals surface area contributed by atoms with Crippen LogP contribution in [-0.4, -0.2) is 57.2 Å². The van der Waals surface area contributed by atoms with Gasteiger partial charge in [-0.25, -0.2) is 0 Å². The highest BCUT2D eigenvalue weighted by molar-refractivity contribution is 7.14. The molecule has 1 aromatic heterocycles. The number of ether oxygens (including phenoxy) is 3. The molecule has 1 atom stereocenters. The molecule has 2 aliphatic rings. The number of carbonyl (C=O) groups excluding carboxylic acids is 2. The molecule has 1 aliphatic carbocycles. The average molecular weight is 431 g/mol. The van der Waals surface area contributed by atoms with Crippen LogP contribution in [0.15, 0.2) is 24.3 Å². The Morgan fingerprint density at radius 2 is 1.97 bits per heavy atom. The van der Waals surface area contributed by atoms with Crippen molar-refractivity contribution in [1.29, 1.82) is 0 Å². The molecule has 0 spiro atoms. The van der Waals surface area contributed by atoms with Crippen molar-refractivity contribution in [3.63, 3.8) is 0 Å². The summed E-state index contributed by atoms with van der Waals surface area (Å²) in [7, 11) is 3.15. The fourth-order valence-corrected chi connectivity index (χ4v) is 5.09. The van der Waals surface area contributed by atoms with Crippen molar-refractivity contribution < 1.29 is 23.8 Å². The van der Waals surface area contributed by atoms with E-state index >= 15 is 0 Å². The van der Waals surface area contributed by atoms with Crippen LogP contribution in [0.5, 0.6) is 11.5 Å². The summed E-state index contributed by atoms with van der Waals surface area (Å²) in [6.07, 6.45) is 2.23. The van der Waals surface area contributed by atoms with Gasteiger partial charge in [0.1, 0.15) is 11.5 Å². The first-order chi connectivity index (χ1) is 14.6. The number of aryl methyl sites for hydroxylation is 1. The van der Waals surface area contributed by atoms with Gasteiger partial charge in [0.25, 0.3) is 5.91 Å². The number of hydrogen-bond acceptors (Lipinski definition) is 6. The Bertz CT molecular complexity index is 936. The smallest absolute Gasteiger partial charge is 0.264 e. The van der Waals surface area contributed by atoms with Crippen LogP contribution in [0.25, 0.3) is 0 Å². The number of thiophene rings is 1. The monoisotopic (exact) mass is 430 g/mol. The third-order valence-corrected chi connectivity index (χ3v) is 6.85. The van der Waals surface area contributed by atoms with Gasteiger partial charge in [-0.15, -0.1) is 11.3 Å². The number of anilines is 1. The van der Waals surface area contributed by atoms with E-state index in [1.54, 1.807) is 43.8 Å². The molecule has 1 aromatic carbocycles. The highest BCUT2D eigenvalue weighted by Crippen LogP contribution is 2.35. The number of rotatable bonds is 5. The topological polar surface area (TPSA) is 77.1 Å². The van der Waals surface area contributed by atoms with Gasteiger partial charge in [0, 0.05) is 30.0 Å². The first-order valence-electron chi connectivity index (χ1n) is 10.1. The third-order valence-electron chi connectivity index (χ3n) is 5.63. The molecule has 2 heterocycles. The average Bonchev–Trinajstić information content (AvgIpc) is 3.22. The maximum Gasteiger partial charge on any atom is 0.264 e. The molecular weight excluding hydrogens is 404 g/mol. The first kappa shape index (κ1) is 20.7. The number of hydrogen-bond donors (Lipinski definition) is 1. The molecular formula is C22H26N2O5S. The molecule has 1 fully saturated rings. The second-order valence-corrected chi connectivity index (χ2v) is 8.60. The van der Waals surface area contributed by atoms with Crippen molar-refractivity contribution in [2.45, 2.75) is 19.3 Å². The molecule has 1 N–H and O–H groups in total. The Kier molecular flexibility index (Phi) is 6.24. The Balaban J connectivity index is 1.43. The van der Waals surface area contributed by atoms with Gasteiger partial charge in [-0.1, -0.05) is 0 Å². The quantitative estimate of drug-likeness (QED) is 0.789. The van der Waals surface area contributed by atoms with E-state index < -0.39 is 0 Å². The summed E-state index contributed by atoms with van der Waals surface area (Å²) in [5.41, 5.74) is 1.74. The van der Waals surface area contributed by atoms with Gasteiger partial charge < -0.3 is 24.4 Å². The lowest BCUT2D eigenvalue weighted by atomic mass is 9.87. The summed E-state index contributed by atoms with van der Waals surface area (Å²) in [5.74, 6) is 1.14. The van der Waals surface area contributed by atoms with E-state index in [0.29, 0.717) is 49.9 Å². The van der Waals surface area contributed by atoms with E-state index in [1.165, 1.54) is 4.88 Å². The molecule has 7 nitrogen and oxygen atoms in total. The number of carbonyl (C=O) groups is 2. The van der Waals surface area contributed by atoms with E-state index in [9.17, 15) is 9.59 Å². The number of benzene rings is 1. The SMILES string of the molecule is COc1ccc(NC(=O)[C@@H]2CCc3sc(C(=O)N4CCOCC4)cc3C2)c(OC)c1. The maximum atomic E-state index is 12.9. The van der Waals surface area contributed by atoms with Crippen LogP contribution in [0.1, 0.15) is 26.5 Å². The van der Waals surface area contributed by atoms with Crippen LogP contribution in [0.2, 0.25) is 0 Å². The van der Waals surface area contributed by atoms with Gasteiger partial charge in [-0.05, 0) is 43.0 Å². The summed E-state index contributed by atoms with van der Waals surface area (Å²) in [6, 6.07) is 7.30.